The summed E-state index contributed by atoms with van der Waals surface area (Å²) in [7, 11) is 0. The first kappa shape index (κ1) is 12.0. The molecule has 0 fully saturated rings. The number of hydrogen-bond acceptors (Lipinski definition) is 4. The van der Waals surface area contributed by atoms with Crippen molar-refractivity contribution in [3.63, 3.8) is 0 Å². The molecular weight excluding hydrogens is 216 g/mol. The van der Waals surface area contributed by atoms with E-state index in [1.807, 2.05) is 5.48 Å². The van der Waals surface area contributed by atoms with Crippen LogP contribution in [0.15, 0.2) is 12.4 Å². The lowest BCUT2D eigenvalue weighted by Crippen LogP contribution is -2.37. The van der Waals surface area contributed by atoms with E-state index in [2.05, 4.69) is 20.4 Å². The first-order valence-electron chi connectivity index (χ1n) is 4.48. The van der Waals surface area contributed by atoms with Gasteiger partial charge in [-0.05, 0) is 6.92 Å². The Morgan fingerprint density at radius 3 is 3.00 bits per heavy atom. The highest BCUT2D eigenvalue weighted by Crippen LogP contribution is 2.08. The number of nitrogens with one attached hydrogen (secondary N) is 3. The molecule has 0 radical (unpaired) electrons. The van der Waals surface area contributed by atoms with Crippen LogP contribution in [0.1, 0.15) is 18.5 Å². The number of rotatable bonds is 5. The molecular formula is C8H12N4O4. The Kier molecular flexibility index (Phi) is 4.28. The van der Waals surface area contributed by atoms with Gasteiger partial charge in [0, 0.05) is 11.8 Å². The smallest absolute Gasteiger partial charge is 0.339 e. The van der Waals surface area contributed by atoms with Crippen molar-refractivity contribution < 1.29 is 19.5 Å². The number of urea groups is 1. The highest BCUT2D eigenvalue weighted by molar-refractivity contribution is 5.73. The standard InChI is InChI=1S/C8H12N4O4/c1-5(6-2-9-10-3-6)11-8(15)12-16-4-7(13)14/h2-3,5H,4H2,1H3,(H,9,10)(H,13,14)(H2,11,12,15). The third-order valence-corrected chi connectivity index (χ3v) is 1.73. The number of carbonyl (C=O) groups is 2. The van der Waals surface area contributed by atoms with Crippen LogP contribution >= 0.6 is 0 Å². The van der Waals surface area contributed by atoms with Gasteiger partial charge in [-0.1, -0.05) is 0 Å². The zero-order valence-corrected chi connectivity index (χ0v) is 8.56. The third-order valence-electron chi connectivity index (χ3n) is 1.73. The number of aromatic amines is 1. The number of carboxylic acid groups (broad SMARTS) is 1. The summed E-state index contributed by atoms with van der Waals surface area (Å²) >= 11 is 0. The highest BCUT2D eigenvalue weighted by atomic mass is 16.7. The first-order valence-corrected chi connectivity index (χ1v) is 4.48. The maximum atomic E-state index is 11.2. The molecule has 16 heavy (non-hydrogen) atoms. The summed E-state index contributed by atoms with van der Waals surface area (Å²) in [4.78, 5) is 25.6. The van der Waals surface area contributed by atoms with E-state index in [0.29, 0.717) is 0 Å². The van der Waals surface area contributed by atoms with E-state index in [0.717, 1.165) is 5.56 Å². The maximum Gasteiger partial charge on any atom is 0.339 e. The van der Waals surface area contributed by atoms with Crippen LogP contribution in [0.4, 0.5) is 4.79 Å². The van der Waals surface area contributed by atoms with Crippen molar-refractivity contribution in [2.24, 2.45) is 0 Å². The molecule has 1 unspecified atom stereocenters. The van der Waals surface area contributed by atoms with Crippen LogP contribution in [0.2, 0.25) is 0 Å². The molecule has 8 heteroatoms. The summed E-state index contributed by atoms with van der Waals surface area (Å²) in [6.45, 7) is 1.16. The van der Waals surface area contributed by atoms with E-state index >= 15 is 0 Å². The van der Waals surface area contributed by atoms with Crippen molar-refractivity contribution in [1.82, 2.24) is 21.0 Å². The Labute approximate surface area is 90.9 Å². The lowest BCUT2D eigenvalue weighted by Gasteiger charge is -2.12. The number of amides is 2. The second-order valence-corrected chi connectivity index (χ2v) is 3.01. The van der Waals surface area contributed by atoms with Crippen LogP contribution in [0.25, 0.3) is 0 Å². The lowest BCUT2D eigenvalue weighted by molar-refractivity contribution is -0.144. The van der Waals surface area contributed by atoms with Crippen molar-refractivity contribution in [2.75, 3.05) is 6.61 Å². The summed E-state index contributed by atoms with van der Waals surface area (Å²) < 4.78 is 0. The molecule has 88 valence electrons. The Morgan fingerprint density at radius 2 is 2.44 bits per heavy atom. The molecule has 0 spiro atoms. The number of hydroxylamine groups is 1. The summed E-state index contributed by atoms with van der Waals surface area (Å²) in [5.74, 6) is -1.16. The molecule has 0 aromatic carbocycles. The van der Waals surface area contributed by atoms with Gasteiger partial charge < -0.3 is 10.4 Å². The van der Waals surface area contributed by atoms with Crippen LogP contribution in [-0.4, -0.2) is 33.9 Å². The molecule has 0 aliphatic carbocycles. The fraction of sp³-hybridized carbons (Fsp3) is 0.375. The largest absolute Gasteiger partial charge is 0.479 e. The van der Waals surface area contributed by atoms with Crippen molar-refractivity contribution >= 4 is 12.0 Å². The van der Waals surface area contributed by atoms with Crippen molar-refractivity contribution in [3.05, 3.63) is 18.0 Å². The zero-order valence-electron chi connectivity index (χ0n) is 8.56. The molecule has 0 aliphatic heterocycles. The fourth-order valence-corrected chi connectivity index (χ4v) is 0.970. The van der Waals surface area contributed by atoms with E-state index in [1.54, 1.807) is 19.3 Å². The molecule has 4 N–H and O–H groups in total. The summed E-state index contributed by atoms with van der Waals surface area (Å²) in [6, 6.07) is -0.873. The van der Waals surface area contributed by atoms with E-state index in [4.69, 9.17) is 5.11 Å². The van der Waals surface area contributed by atoms with Gasteiger partial charge in [-0.2, -0.15) is 5.10 Å². The van der Waals surface area contributed by atoms with E-state index in [-0.39, 0.29) is 6.04 Å². The Morgan fingerprint density at radius 1 is 1.69 bits per heavy atom. The highest BCUT2D eigenvalue weighted by Gasteiger charge is 2.10. The number of hydrogen-bond donors (Lipinski definition) is 4. The first-order chi connectivity index (χ1) is 7.59. The quantitative estimate of drug-likeness (QED) is 0.520. The third kappa shape index (κ3) is 3.96. The molecule has 1 rings (SSSR count). The molecule has 0 aliphatic rings. The van der Waals surface area contributed by atoms with Crippen LogP contribution < -0.4 is 10.8 Å². The summed E-state index contributed by atoms with van der Waals surface area (Å²) in [5.41, 5.74) is 2.74. The minimum atomic E-state index is -1.16. The van der Waals surface area contributed by atoms with Gasteiger partial charge in [0.2, 0.25) is 0 Å². The van der Waals surface area contributed by atoms with Crippen LogP contribution in [0, 0.1) is 0 Å². The van der Waals surface area contributed by atoms with Gasteiger partial charge in [-0.15, -0.1) is 0 Å². The monoisotopic (exact) mass is 228 g/mol. The van der Waals surface area contributed by atoms with Crippen molar-refractivity contribution in [2.45, 2.75) is 13.0 Å². The lowest BCUT2D eigenvalue weighted by atomic mass is 10.2. The van der Waals surface area contributed by atoms with Crippen molar-refractivity contribution in [3.8, 4) is 0 Å². The maximum absolute atomic E-state index is 11.2. The molecule has 2 amide bonds. The Hall–Kier alpha value is -2.09. The molecule has 0 saturated carbocycles. The number of carbonyl (C=O) groups excluding carboxylic acids is 1. The number of carboxylic acids is 1. The van der Waals surface area contributed by atoms with Crippen LogP contribution in [0.5, 0.6) is 0 Å². The fourth-order valence-electron chi connectivity index (χ4n) is 0.970. The predicted molar refractivity (Wildman–Crippen MR) is 52.3 cm³/mol. The second kappa shape index (κ2) is 5.71. The molecule has 0 saturated heterocycles. The normalized spacial score (nSPS) is 11.8. The SMILES string of the molecule is CC(NC(=O)NOCC(=O)O)c1cn[nH]c1. The summed E-state index contributed by atoms with van der Waals surface area (Å²) in [5, 5.41) is 17.1. The molecule has 1 aromatic heterocycles. The molecule has 1 aromatic rings. The zero-order chi connectivity index (χ0) is 12.0. The topological polar surface area (TPSA) is 116 Å². The Balaban J connectivity index is 2.26. The van der Waals surface area contributed by atoms with Gasteiger partial charge >= 0.3 is 12.0 Å². The Bertz CT molecular complexity index is 351. The van der Waals surface area contributed by atoms with Gasteiger partial charge in [0.05, 0.1) is 12.2 Å². The minimum absolute atomic E-state index is 0.257. The number of H-pyrrole nitrogens is 1. The van der Waals surface area contributed by atoms with Gasteiger partial charge in [0.25, 0.3) is 0 Å². The van der Waals surface area contributed by atoms with Gasteiger partial charge in [-0.3, -0.25) is 9.94 Å². The van der Waals surface area contributed by atoms with E-state index < -0.39 is 18.6 Å². The number of aliphatic carboxylic acids is 1. The van der Waals surface area contributed by atoms with E-state index in [1.165, 1.54) is 0 Å². The molecule has 1 atom stereocenters. The molecule has 8 nitrogen and oxygen atoms in total. The van der Waals surface area contributed by atoms with E-state index in [9.17, 15) is 9.59 Å². The second-order valence-electron chi connectivity index (χ2n) is 3.01. The number of aromatic nitrogens is 2. The van der Waals surface area contributed by atoms with Crippen LogP contribution in [-0.2, 0) is 9.63 Å². The average Bonchev–Trinajstić information content (AvgIpc) is 2.69. The van der Waals surface area contributed by atoms with Crippen molar-refractivity contribution in [1.29, 1.82) is 0 Å². The van der Waals surface area contributed by atoms with Gasteiger partial charge in [0.1, 0.15) is 0 Å². The minimum Gasteiger partial charge on any atom is -0.479 e. The predicted octanol–water partition coefficient (Wildman–Crippen LogP) is -0.214. The number of nitrogens with zero attached hydrogens (tertiary/aromatic N) is 1. The summed E-state index contributed by atoms with van der Waals surface area (Å²) in [6.07, 6.45) is 3.21. The van der Waals surface area contributed by atoms with Crippen LogP contribution in [0.3, 0.4) is 0 Å². The molecule has 0 bridgehead atoms. The average molecular weight is 228 g/mol. The molecule has 1 heterocycles. The van der Waals surface area contributed by atoms with Gasteiger partial charge in [-0.25, -0.2) is 15.1 Å². The van der Waals surface area contributed by atoms with Gasteiger partial charge in [0.15, 0.2) is 6.61 Å².